The molecule has 1 saturated heterocycles. The average Bonchev–Trinajstić information content (AvgIpc) is 3.28. The van der Waals surface area contributed by atoms with Crippen LogP contribution in [0.5, 0.6) is 0 Å². The second kappa shape index (κ2) is 9.32. The van der Waals surface area contributed by atoms with E-state index in [-0.39, 0.29) is 29.6 Å². The fourth-order valence-corrected chi connectivity index (χ4v) is 3.48. The van der Waals surface area contributed by atoms with Crippen LogP contribution in [0.25, 0.3) is 6.08 Å². The number of carbonyl (C=O) groups excluding carboxylic acids is 3. The molecule has 1 N–H and O–H groups in total. The molecule has 3 amide bonds. The van der Waals surface area contributed by atoms with Crippen LogP contribution >= 0.6 is 11.8 Å². The molecule has 0 saturated carbocycles. The molecule has 0 radical (unpaired) electrons. The van der Waals surface area contributed by atoms with Gasteiger partial charge in [0.15, 0.2) is 0 Å². The second-order valence-electron chi connectivity index (χ2n) is 6.14. The highest BCUT2D eigenvalue weighted by Crippen LogP contribution is 2.32. The van der Waals surface area contributed by atoms with Crippen molar-refractivity contribution in [2.45, 2.75) is 19.4 Å². The minimum absolute atomic E-state index is 0.0266. The van der Waals surface area contributed by atoms with Crippen LogP contribution in [0.4, 0.5) is 9.18 Å². The Morgan fingerprint density at radius 1 is 1.21 bits per heavy atom. The fourth-order valence-electron chi connectivity index (χ4n) is 2.61. The third-order valence-corrected chi connectivity index (χ3v) is 4.99. The van der Waals surface area contributed by atoms with E-state index < -0.39 is 11.1 Å². The molecular weight excluding hydrogens is 383 g/mol. The van der Waals surface area contributed by atoms with E-state index >= 15 is 0 Å². The molecule has 0 unspecified atom stereocenters. The number of hydrogen-bond donors (Lipinski definition) is 1. The molecule has 1 aliphatic heterocycles. The maximum Gasteiger partial charge on any atom is 0.293 e. The lowest BCUT2D eigenvalue weighted by atomic mass is 10.2. The first-order valence-electron chi connectivity index (χ1n) is 8.76. The van der Waals surface area contributed by atoms with E-state index in [0.717, 1.165) is 29.6 Å². The predicted octanol–water partition coefficient (Wildman–Crippen LogP) is 2.66. The number of rotatable bonds is 8. The fraction of sp³-hybridized carbons (Fsp3) is 0.263. The van der Waals surface area contributed by atoms with Crippen molar-refractivity contribution >= 4 is 34.9 Å². The predicted molar refractivity (Wildman–Crippen MR) is 104 cm³/mol. The Kier molecular flexibility index (Phi) is 6.59. The molecule has 0 spiro atoms. The number of carbonyl (C=O) groups is 3. The second-order valence-corrected chi connectivity index (χ2v) is 7.13. The highest BCUT2D eigenvalue weighted by atomic mass is 32.2. The van der Waals surface area contributed by atoms with E-state index in [0.29, 0.717) is 12.1 Å². The lowest BCUT2D eigenvalue weighted by Gasteiger charge is -2.12. The number of halogens is 1. The number of aromatic nitrogens is 2. The van der Waals surface area contributed by atoms with Gasteiger partial charge in [-0.15, -0.1) is 0 Å². The van der Waals surface area contributed by atoms with Crippen molar-refractivity contribution in [2.75, 3.05) is 13.1 Å². The zero-order valence-corrected chi connectivity index (χ0v) is 15.8. The Labute approximate surface area is 165 Å². The SMILES string of the molecule is O=C(CCN1C(=O)S/C(=C/c2ccc(F)cc2)C1=O)NCCCn1ccnc1. The van der Waals surface area contributed by atoms with E-state index in [9.17, 15) is 18.8 Å². The molecule has 9 heteroatoms. The zero-order chi connectivity index (χ0) is 19.9. The number of imide groups is 1. The molecular formula is C19H19FN4O3S. The van der Waals surface area contributed by atoms with Crippen molar-refractivity contribution in [1.29, 1.82) is 0 Å². The van der Waals surface area contributed by atoms with Gasteiger partial charge in [0.25, 0.3) is 11.1 Å². The zero-order valence-electron chi connectivity index (χ0n) is 15.0. The van der Waals surface area contributed by atoms with E-state index in [2.05, 4.69) is 10.3 Å². The molecule has 1 aromatic heterocycles. The minimum Gasteiger partial charge on any atom is -0.356 e. The van der Waals surface area contributed by atoms with Gasteiger partial charge in [0.1, 0.15) is 5.82 Å². The maximum absolute atomic E-state index is 13.0. The Morgan fingerprint density at radius 3 is 2.71 bits per heavy atom. The molecule has 0 bridgehead atoms. The highest BCUT2D eigenvalue weighted by molar-refractivity contribution is 8.18. The molecule has 7 nitrogen and oxygen atoms in total. The normalized spacial score (nSPS) is 15.5. The van der Waals surface area contributed by atoms with Gasteiger partial charge in [0.2, 0.25) is 5.91 Å². The summed E-state index contributed by atoms with van der Waals surface area (Å²) in [5.41, 5.74) is 0.627. The van der Waals surface area contributed by atoms with Crippen LogP contribution in [-0.2, 0) is 16.1 Å². The maximum atomic E-state index is 13.0. The van der Waals surface area contributed by atoms with Gasteiger partial charge in [0.05, 0.1) is 11.2 Å². The van der Waals surface area contributed by atoms with Crippen LogP contribution in [0.2, 0.25) is 0 Å². The topological polar surface area (TPSA) is 84.3 Å². The van der Waals surface area contributed by atoms with Gasteiger partial charge in [-0.2, -0.15) is 0 Å². The van der Waals surface area contributed by atoms with E-state index in [1.54, 1.807) is 18.6 Å². The Hall–Kier alpha value is -2.94. The number of benzene rings is 1. The molecule has 3 rings (SSSR count). The summed E-state index contributed by atoms with van der Waals surface area (Å²) in [4.78, 5) is 41.7. The molecule has 1 fully saturated rings. The number of nitrogens with zero attached hydrogens (tertiary/aromatic N) is 3. The summed E-state index contributed by atoms with van der Waals surface area (Å²) in [6.45, 7) is 1.28. The van der Waals surface area contributed by atoms with Gasteiger partial charge >= 0.3 is 0 Å². The van der Waals surface area contributed by atoms with Gasteiger partial charge < -0.3 is 9.88 Å². The molecule has 146 valence electrons. The minimum atomic E-state index is -0.438. The monoisotopic (exact) mass is 402 g/mol. The number of nitrogens with one attached hydrogen (secondary N) is 1. The van der Waals surface area contributed by atoms with Gasteiger partial charge in [-0.1, -0.05) is 12.1 Å². The first-order valence-corrected chi connectivity index (χ1v) is 9.58. The molecule has 0 aliphatic carbocycles. The first kappa shape index (κ1) is 19.8. The standard InChI is InChI=1S/C19H19FN4O3S/c20-15-4-2-14(3-5-15)12-16-18(26)24(19(27)28-16)10-6-17(25)22-7-1-9-23-11-8-21-13-23/h2-5,8,11-13H,1,6-7,9-10H2,(H,22,25)/b16-12+. The number of imidazole rings is 1. The lowest BCUT2D eigenvalue weighted by molar-refractivity contribution is -0.124. The third-order valence-electron chi connectivity index (χ3n) is 4.08. The van der Waals surface area contributed by atoms with Gasteiger partial charge in [-0.3, -0.25) is 19.3 Å². The quantitative estimate of drug-likeness (QED) is 0.542. The van der Waals surface area contributed by atoms with Crippen LogP contribution in [0.3, 0.4) is 0 Å². The van der Waals surface area contributed by atoms with Crippen molar-refractivity contribution in [1.82, 2.24) is 19.8 Å². The molecule has 0 atom stereocenters. The van der Waals surface area contributed by atoms with Crippen LogP contribution in [0, 0.1) is 5.82 Å². The summed E-state index contributed by atoms with van der Waals surface area (Å²) in [7, 11) is 0. The third kappa shape index (κ3) is 5.29. The average molecular weight is 402 g/mol. The van der Waals surface area contributed by atoms with E-state index in [1.807, 2.05) is 10.8 Å². The number of thioether (sulfide) groups is 1. The van der Waals surface area contributed by atoms with Crippen molar-refractivity contribution in [3.8, 4) is 0 Å². The van der Waals surface area contributed by atoms with Crippen LogP contribution in [0.15, 0.2) is 47.9 Å². The van der Waals surface area contributed by atoms with Gasteiger partial charge in [0, 0.05) is 38.4 Å². The molecule has 1 aliphatic rings. The Morgan fingerprint density at radius 2 is 2.00 bits per heavy atom. The largest absolute Gasteiger partial charge is 0.356 e. The lowest BCUT2D eigenvalue weighted by Crippen LogP contribution is -2.34. The van der Waals surface area contributed by atoms with Crippen molar-refractivity contribution in [3.63, 3.8) is 0 Å². The first-order chi connectivity index (χ1) is 13.5. The molecule has 2 aromatic rings. The summed E-state index contributed by atoms with van der Waals surface area (Å²) in [6, 6.07) is 5.63. The van der Waals surface area contributed by atoms with E-state index in [1.165, 1.54) is 24.3 Å². The smallest absolute Gasteiger partial charge is 0.293 e. The molecule has 1 aromatic carbocycles. The van der Waals surface area contributed by atoms with Crippen LogP contribution in [0.1, 0.15) is 18.4 Å². The summed E-state index contributed by atoms with van der Waals surface area (Å²) in [5.74, 6) is -1.03. The summed E-state index contributed by atoms with van der Waals surface area (Å²) in [5, 5.41) is 2.37. The summed E-state index contributed by atoms with van der Waals surface area (Å²) < 4.78 is 14.9. The van der Waals surface area contributed by atoms with Crippen molar-refractivity contribution in [2.24, 2.45) is 0 Å². The Bertz CT molecular complexity index is 881. The number of amides is 3. The number of hydrogen-bond acceptors (Lipinski definition) is 5. The van der Waals surface area contributed by atoms with Crippen molar-refractivity contribution < 1.29 is 18.8 Å². The summed E-state index contributed by atoms with van der Waals surface area (Å²) >= 11 is 0.817. The van der Waals surface area contributed by atoms with Gasteiger partial charge in [-0.25, -0.2) is 9.37 Å². The van der Waals surface area contributed by atoms with Crippen LogP contribution < -0.4 is 5.32 Å². The number of aryl methyl sites for hydroxylation is 1. The van der Waals surface area contributed by atoms with E-state index in [4.69, 9.17) is 0 Å². The highest BCUT2D eigenvalue weighted by Gasteiger charge is 2.34. The van der Waals surface area contributed by atoms with Crippen LogP contribution in [-0.4, -0.2) is 44.6 Å². The van der Waals surface area contributed by atoms with Crippen molar-refractivity contribution in [3.05, 3.63) is 59.3 Å². The molecule has 28 heavy (non-hydrogen) atoms. The van der Waals surface area contributed by atoms with Gasteiger partial charge in [-0.05, 0) is 42.0 Å². The Balaban J connectivity index is 1.44. The molecule has 2 heterocycles. The summed E-state index contributed by atoms with van der Waals surface area (Å²) in [6.07, 6.45) is 7.60.